The lowest BCUT2D eigenvalue weighted by Crippen LogP contribution is -2.10. The lowest BCUT2D eigenvalue weighted by atomic mass is 10.3. The molecule has 0 aliphatic heterocycles. The molecule has 0 amide bonds. The van der Waals surface area contributed by atoms with Gasteiger partial charge >= 0.3 is 0 Å². The van der Waals surface area contributed by atoms with Crippen LogP contribution in [0.5, 0.6) is 0 Å². The van der Waals surface area contributed by atoms with Crippen LogP contribution in [-0.2, 0) is 12.2 Å². The van der Waals surface area contributed by atoms with Crippen molar-refractivity contribution < 1.29 is 0 Å². The van der Waals surface area contributed by atoms with Crippen molar-refractivity contribution in [2.45, 2.75) is 19.1 Å². The molecule has 1 heterocycles. The molecule has 0 aromatic carbocycles. The first-order valence-electron chi connectivity index (χ1n) is 4.52. The molecule has 0 atom stereocenters. The van der Waals surface area contributed by atoms with Gasteiger partial charge in [0.2, 0.25) is 0 Å². The van der Waals surface area contributed by atoms with Gasteiger partial charge in [-0.1, -0.05) is 6.92 Å². The zero-order valence-corrected chi connectivity index (χ0v) is 9.80. The summed E-state index contributed by atoms with van der Waals surface area (Å²) in [5.41, 5.74) is 1.23. The Kier molecular flexibility index (Phi) is 5.43. The fourth-order valence-corrected chi connectivity index (χ4v) is 2.55. The van der Waals surface area contributed by atoms with Crippen LogP contribution in [0, 0.1) is 0 Å². The molecular formula is C9H16N2S2. The van der Waals surface area contributed by atoms with Crippen LogP contribution >= 0.6 is 23.1 Å². The summed E-state index contributed by atoms with van der Waals surface area (Å²) >= 11 is 3.71. The summed E-state index contributed by atoms with van der Waals surface area (Å²) in [6, 6.07) is 0. The van der Waals surface area contributed by atoms with E-state index >= 15 is 0 Å². The van der Waals surface area contributed by atoms with Crippen LogP contribution in [0.4, 0.5) is 0 Å². The van der Waals surface area contributed by atoms with Gasteiger partial charge in [0.25, 0.3) is 0 Å². The Morgan fingerprint density at radius 2 is 2.46 bits per heavy atom. The van der Waals surface area contributed by atoms with Crippen LogP contribution in [0.3, 0.4) is 0 Å². The van der Waals surface area contributed by atoms with Gasteiger partial charge in [-0.15, -0.1) is 11.3 Å². The number of hydrogen-bond acceptors (Lipinski definition) is 4. The number of rotatable bonds is 6. The number of thioether (sulfide) groups is 1. The van der Waals surface area contributed by atoms with Crippen molar-refractivity contribution in [3.63, 3.8) is 0 Å². The fraction of sp³-hybridized carbons (Fsp3) is 0.667. The van der Waals surface area contributed by atoms with Gasteiger partial charge in [0.15, 0.2) is 0 Å². The number of nitrogens with one attached hydrogen (secondary N) is 1. The monoisotopic (exact) mass is 216 g/mol. The molecule has 0 fully saturated rings. The summed E-state index contributed by atoms with van der Waals surface area (Å²) < 4.78 is 0. The van der Waals surface area contributed by atoms with Gasteiger partial charge in [-0.3, -0.25) is 0 Å². The van der Waals surface area contributed by atoms with Gasteiger partial charge in [0, 0.05) is 24.1 Å². The lowest BCUT2D eigenvalue weighted by molar-refractivity contribution is 0.778. The highest BCUT2D eigenvalue weighted by Crippen LogP contribution is 2.16. The number of aromatic nitrogens is 1. The molecule has 2 nitrogen and oxygen atoms in total. The third kappa shape index (κ3) is 4.11. The topological polar surface area (TPSA) is 24.9 Å². The maximum absolute atomic E-state index is 4.54. The molecule has 1 aromatic rings. The van der Waals surface area contributed by atoms with Crippen LogP contribution in [0.15, 0.2) is 5.38 Å². The van der Waals surface area contributed by atoms with Crippen LogP contribution in [0.1, 0.15) is 17.6 Å². The summed E-state index contributed by atoms with van der Waals surface area (Å²) in [5.74, 6) is 2.24. The third-order valence-electron chi connectivity index (χ3n) is 1.66. The van der Waals surface area contributed by atoms with Crippen LogP contribution in [0.25, 0.3) is 0 Å². The first-order valence-corrected chi connectivity index (χ1v) is 6.56. The molecule has 4 heteroatoms. The standard InChI is InChI=1S/C9H16N2S2/c1-3-12-7-9-11-8(6-13-9)4-5-10-2/h6,10H,3-5,7H2,1-2H3. The Bertz CT molecular complexity index is 213. The predicted molar refractivity (Wildman–Crippen MR) is 61.6 cm³/mol. The fourth-order valence-electron chi connectivity index (χ4n) is 0.972. The van der Waals surface area contributed by atoms with Crippen molar-refractivity contribution in [1.29, 1.82) is 0 Å². The van der Waals surface area contributed by atoms with Gasteiger partial charge in [-0.2, -0.15) is 11.8 Å². The van der Waals surface area contributed by atoms with E-state index in [-0.39, 0.29) is 0 Å². The van der Waals surface area contributed by atoms with E-state index in [1.807, 2.05) is 18.8 Å². The SMILES string of the molecule is CCSCc1nc(CCNC)cs1. The zero-order valence-electron chi connectivity index (χ0n) is 8.17. The Morgan fingerprint density at radius 1 is 1.62 bits per heavy atom. The van der Waals surface area contributed by atoms with E-state index in [0.29, 0.717) is 0 Å². The van der Waals surface area contributed by atoms with Crippen molar-refractivity contribution in [2.24, 2.45) is 0 Å². The van der Waals surface area contributed by atoms with E-state index in [1.165, 1.54) is 16.5 Å². The van der Waals surface area contributed by atoms with Gasteiger partial charge in [0.1, 0.15) is 5.01 Å². The molecule has 0 unspecified atom stereocenters. The molecule has 0 bridgehead atoms. The van der Waals surface area contributed by atoms with E-state index in [0.717, 1.165) is 18.7 Å². The van der Waals surface area contributed by atoms with Crippen molar-refractivity contribution >= 4 is 23.1 Å². The van der Waals surface area contributed by atoms with Gasteiger partial charge in [0.05, 0.1) is 5.69 Å². The predicted octanol–water partition coefficient (Wildman–Crippen LogP) is 2.16. The molecule has 0 saturated heterocycles. The molecular weight excluding hydrogens is 200 g/mol. The van der Waals surface area contributed by atoms with Gasteiger partial charge in [-0.05, 0) is 12.8 Å². The number of hydrogen-bond donors (Lipinski definition) is 1. The number of nitrogens with zero attached hydrogens (tertiary/aromatic N) is 1. The summed E-state index contributed by atoms with van der Waals surface area (Å²) in [6.45, 7) is 3.20. The van der Waals surface area contributed by atoms with E-state index < -0.39 is 0 Å². The molecule has 0 aliphatic rings. The molecule has 1 rings (SSSR count). The highest BCUT2D eigenvalue weighted by molar-refractivity contribution is 7.98. The molecule has 1 aromatic heterocycles. The number of thiazole rings is 1. The lowest BCUT2D eigenvalue weighted by Gasteiger charge is -1.94. The highest BCUT2D eigenvalue weighted by atomic mass is 32.2. The maximum atomic E-state index is 4.54. The largest absolute Gasteiger partial charge is 0.319 e. The molecule has 13 heavy (non-hydrogen) atoms. The first kappa shape index (κ1) is 11.0. The van der Waals surface area contributed by atoms with Crippen LogP contribution < -0.4 is 5.32 Å². The summed E-state index contributed by atoms with van der Waals surface area (Å²) in [7, 11) is 1.97. The van der Waals surface area contributed by atoms with Gasteiger partial charge in [-0.25, -0.2) is 4.98 Å². The van der Waals surface area contributed by atoms with E-state index in [1.54, 1.807) is 11.3 Å². The second kappa shape index (κ2) is 6.40. The molecule has 0 saturated carbocycles. The summed E-state index contributed by atoms with van der Waals surface area (Å²) in [5, 5.41) is 6.56. The van der Waals surface area contributed by atoms with E-state index in [9.17, 15) is 0 Å². The van der Waals surface area contributed by atoms with Crippen LogP contribution in [0.2, 0.25) is 0 Å². The third-order valence-corrected chi connectivity index (χ3v) is 3.63. The Morgan fingerprint density at radius 3 is 3.15 bits per heavy atom. The molecule has 0 spiro atoms. The Hall–Kier alpha value is -0.0600. The maximum Gasteiger partial charge on any atom is 0.103 e. The second-order valence-corrected chi connectivity index (χ2v) is 4.94. The zero-order chi connectivity index (χ0) is 9.52. The average Bonchev–Trinajstić information content (AvgIpc) is 2.59. The normalized spacial score (nSPS) is 10.6. The minimum absolute atomic E-state index is 1.02. The molecule has 1 N–H and O–H groups in total. The van der Waals surface area contributed by atoms with Crippen molar-refractivity contribution in [3.05, 3.63) is 16.1 Å². The highest BCUT2D eigenvalue weighted by Gasteiger charge is 2.00. The number of likely N-dealkylation sites (N-methyl/N-ethyl adjacent to an activating group) is 1. The van der Waals surface area contributed by atoms with E-state index in [4.69, 9.17) is 0 Å². The van der Waals surface area contributed by atoms with Crippen molar-refractivity contribution in [2.75, 3.05) is 19.3 Å². The minimum Gasteiger partial charge on any atom is -0.319 e. The van der Waals surface area contributed by atoms with Crippen LogP contribution in [-0.4, -0.2) is 24.3 Å². The van der Waals surface area contributed by atoms with Crippen molar-refractivity contribution in [1.82, 2.24) is 10.3 Å². The first-order chi connectivity index (χ1) is 6.36. The van der Waals surface area contributed by atoms with E-state index in [2.05, 4.69) is 22.6 Å². The molecule has 0 aliphatic carbocycles. The summed E-state index contributed by atoms with van der Waals surface area (Å²) in [6.07, 6.45) is 1.05. The minimum atomic E-state index is 1.02. The quantitative estimate of drug-likeness (QED) is 0.789. The Labute approximate surface area is 88.2 Å². The average molecular weight is 216 g/mol. The summed E-state index contributed by atoms with van der Waals surface area (Å²) in [4.78, 5) is 4.54. The molecule has 74 valence electrons. The second-order valence-electron chi connectivity index (χ2n) is 2.72. The molecule has 0 radical (unpaired) electrons. The van der Waals surface area contributed by atoms with Crippen molar-refractivity contribution in [3.8, 4) is 0 Å². The smallest absolute Gasteiger partial charge is 0.103 e. The Balaban J connectivity index is 2.34. The van der Waals surface area contributed by atoms with Gasteiger partial charge < -0.3 is 5.32 Å².